The maximum atomic E-state index is 14.3. The topological polar surface area (TPSA) is 76.0 Å². The van der Waals surface area contributed by atoms with E-state index in [1.807, 2.05) is 78.4 Å². The van der Waals surface area contributed by atoms with Crippen molar-refractivity contribution < 1.29 is 4.39 Å². The maximum absolute atomic E-state index is 14.3. The normalized spacial score (nSPS) is 14.4. The molecule has 0 bridgehead atoms. The average Bonchev–Trinajstić information content (AvgIpc) is 3.59. The molecular formula is C37H35Cl2FN8O. The van der Waals surface area contributed by atoms with Gasteiger partial charge in [0, 0.05) is 72.3 Å². The molecule has 3 aromatic carbocycles. The minimum atomic E-state index is -0.293. The highest BCUT2D eigenvalue weighted by atomic mass is 35.5. The van der Waals surface area contributed by atoms with Gasteiger partial charge in [-0.2, -0.15) is 0 Å². The third kappa shape index (κ3) is 7.03. The number of rotatable bonds is 6. The fraction of sp³-hybridized carbons (Fsp3) is 0.243. The van der Waals surface area contributed by atoms with Gasteiger partial charge in [-0.15, -0.1) is 5.10 Å². The Morgan fingerprint density at radius 2 is 1.63 bits per heavy atom. The Morgan fingerprint density at radius 3 is 2.43 bits per heavy atom. The lowest BCUT2D eigenvalue weighted by molar-refractivity contribution is 0.248. The van der Waals surface area contributed by atoms with Crippen LogP contribution >= 0.6 is 23.2 Å². The number of hydrogen-bond donors (Lipinski definition) is 0. The van der Waals surface area contributed by atoms with Crippen LogP contribution in [0.25, 0.3) is 11.3 Å². The fourth-order valence-corrected chi connectivity index (χ4v) is 6.77. The summed E-state index contributed by atoms with van der Waals surface area (Å²) >= 11 is 12.3. The smallest absolute Gasteiger partial charge is 0.350 e. The van der Waals surface area contributed by atoms with E-state index in [4.69, 9.17) is 23.2 Å². The van der Waals surface area contributed by atoms with Crippen LogP contribution in [0.3, 0.4) is 0 Å². The largest absolute Gasteiger partial charge is 0.369 e. The van der Waals surface area contributed by atoms with E-state index < -0.39 is 0 Å². The number of aryl methyl sites for hydroxylation is 2. The summed E-state index contributed by atoms with van der Waals surface area (Å²) in [4.78, 5) is 26.1. The fourth-order valence-electron chi connectivity index (χ4n) is 6.41. The van der Waals surface area contributed by atoms with Crippen molar-refractivity contribution in [1.29, 1.82) is 0 Å². The van der Waals surface area contributed by atoms with Crippen LogP contribution in [0.15, 0.2) is 107 Å². The first-order valence-corrected chi connectivity index (χ1v) is 17.0. The monoisotopic (exact) mass is 696 g/mol. The van der Waals surface area contributed by atoms with E-state index in [0.717, 1.165) is 66.9 Å². The molecule has 8 rings (SSSR count). The van der Waals surface area contributed by atoms with Crippen LogP contribution in [0, 0.1) is 12.7 Å². The molecule has 5 heterocycles. The minimum Gasteiger partial charge on any atom is -0.369 e. The number of halogens is 3. The highest BCUT2D eigenvalue weighted by Gasteiger charge is 2.22. The van der Waals surface area contributed by atoms with E-state index in [2.05, 4.69) is 30.9 Å². The van der Waals surface area contributed by atoms with Crippen molar-refractivity contribution in [3.63, 3.8) is 0 Å². The van der Waals surface area contributed by atoms with Gasteiger partial charge in [0.25, 0.3) is 0 Å². The van der Waals surface area contributed by atoms with Gasteiger partial charge in [-0.05, 0) is 74.0 Å². The van der Waals surface area contributed by atoms with Crippen LogP contribution in [0.2, 0.25) is 10.0 Å². The third-order valence-corrected chi connectivity index (χ3v) is 9.34. The van der Waals surface area contributed by atoms with Crippen molar-refractivity contribution in [3.05, 3.63) is 146 Å². The molecule has 2 aliphatic rings. The zero-order valence-electron chi connectivity index (χ0n) is 27.0. The van der Waals surface area contributed by atoms with Crippen LogP contribution < -0.4 is 10.6 Å². The summed E-state index contributed by atoms with van der Waals surface area (Å²) in [6, 6.07) is 25.9. The molecule has 1 fully saturated rings. The number of piperazine rings is 1. The molecule has 49 heavy (non-hydrogen) atoms. The number of nitrogens with zero attached hydrogens (tertiary/aromatic N) is 8. The average molecular weight is 698 g/mol. The quantitative estimate of drug-likeness (QED) is 0.194. The van der Waals surface area contributed by atoms with Gasteiger partial charge in [-0.3, -0.25) is 18.9 Å². The first-order valence-electron chi connectivity index (χ1n) is 16.3. The first-order chi connectivity index (χ1) is 23.9. The van der Waals surface area contributed by atoms with Crippen LogP contribution in [0.4, 0.5) is 10.1 Å². The second kappa shape index (κ2) is 14.4. The molecule has 0 spiro atoms. The van der Waals surface area contributed by atoms with Gasteiger partial charge < -0.3 is 4.90 Å². The number of fused-ring (bicyclic) bond motifs is 4. The standard InChI is InChI=1S/C19H22ClN5O.C18H13ClFN3/c20-16-5-3-6-17(15-16)23-13-11-22(12-14-23)8-4-10-25-19(26)24-9-2-1-7-18(24)21-25;1-11-21-9-13-10-22-18(14-4-2-3-5-16(14)20)15-8-12(19)6-7-17(15)23(11)13/h1-3,5-7,9,15H,4,8,10-14H2;2-9H,10H2,1H3. The molecule has 6 aromatic rings. The Hall–Kier alpha value is -4.77. The lowest BCUT2D eigenvalue weighted by atomic mass is 10.00. The molecule has 1 saturated heterocycles. The number of hydrogen-bond acceptors (Lipinski definition) is 6. The second-order valence-corrected chi connectivity index (χ2v) is 12.9. The van der Waals surface area contributed by atoms with E-state index in [1.165, 1.54) is 11.8 Å². The van der Waals surface area contributed by atoms with Gasteiger partial charge in [0.05, 0.1) is 29.8 Å². The summed E-state index contributed by atoms with van der Waals surface area (Å²) in [6.45, 7) is 8.04. The summed E-state index contributed by atoms with van der Waals surface area (Å²) in [5.74, 6) is 0.576. The van der Waals surface area contributed by atoms with E-state index >= 15 is 0 Å². The van der Waals surface area contributed by atoms with Gasteiger partial charge in [-0.25, -0.2) is 18.9 Å². The molecule has 0 amide bonds. The van der Waals surface area contributed by atoms with Crippen LogP contribution in [-0.2, 0) is 13.1 Å². The Morgan fingerprint density at radius 1 is 0.837 bits per heavy atom. The summed E-state index contributed by atoms with van der Waals surface area (Å²) in [5, 5.41) is 5.75. The Kier molecular flexibility index (Phi) is 9.61. The molecule has 12 heteroatoms. The van der Waals surface area contributed by atoms with E-state index in [1.54, 1.807) is 27.4 Å². The molecule has 0 saturated carbocycles. The third-order valence-electron chi connectivity index (χ3n) is 8.87. The van der Waals surface area contributed by atoms with Crippen LogP contribution in [-0.4, -0.2) is 67.1 Å². The van der Waals surface area contributed by atoms with Crippen molar-refractivity contribution in [3.8, 4) is 5.69 Å². The van der Waals surface area contributed by atoms with E-state index in [-0.39, 0.29) is 11.5 Å². The number of aliphatic imine (C=N–C) groups is 1. The zero-order valence-corrected chi connectivity index (χ0v) is 28.5. The summed E-state index contributed by atoms with van der Waals surface area (Å²) in [5.41, 5.74) is 5.61. The summed E-state index contributed by atoms with van der Waals surface area (Å²) in [6.07, 6.45) is 4.48. The van der Waals surface area contributed by atoms with Gasteiger partial charge >= 0.3 is 5.69 Å². The van der Waals surface area contributed by atoms with Crippen molar-refractivity contribution in [2.45, 2.75) is 26.4 Å². The molecule has 0 N–H and O–H groups in total. The molecule has 250 valence electrons. The predicted molar refractivity (Wildman–Crippen MR) is 193 cm³/mol. The molecule has 2 aliphatic heterocycles. The molecule has 0 atom stereocenters. The van der Waals surface area contributed by atoms with Crippen molar-refractivity contribution in [2.75, 3.05) is 37.6 Å². The summed E-state index contributed by atoms with van der Waals surface area (Å²) in [7, 11) is 0. The van der Waals surface area contributed by atoms with Crippen molar-refractivity contribution >= 4 is 40.2 Å². The lowest BCUT2D eigenvalue weighted by Gasteiger charge is -2.36. The lowest BCUT2D eigenvalue weighted by Crippen LogP contribution is -2.46. The highest BCUT2D eigenvalue weighted by Crippen LogP contribution is 2.29. The van der Waals surface area contributed by atoms with Crippen molar-refractivity contribution in [2.24, 2.45) is 4.99 Å². The van der Waals surface area contributed by atoms with E-state index in [0.29, 0.717) is 35.0 Å². The minimum absolute atomic E-state index is 0.0635. The molecule has 0 radical (unpaired) electrons. The molecule has 9 nitrogen and oxygen atoms in total. The van der Waals surface area contributed by atoms with Gasteiger partial charge in [0.2, 0.25) is 0 Å². The molecule has 0 aliphatic carbocycles. The Balaban J connectivity index is 0.000000155. The molecular weight excluding hydrogens is 662 g/mol. The maximum Gasteiger partial charge on any atom is 0.350 e. The highest BCUT2D eigenvalue weighted by molar-refractivity contribution is 6.31. The number of benzene rings is 3. The SMILES string of the molecule is Cc1ncc2n1-c1ccc(Cl)cc1C(c1ccccc1F)=NC2.O=c1n(CCCN2CCN(c3cccc(Cl)c3)CC2)nc2ccccn12. The van der Waals surface area contributed by atoms with Gasteiger partial charge in [0.1, 0.15) is 11.6 Å². The zero-order chi connectivity index (χ0) is 33.9. The molecule has 0 unspecified atom stereocenters. The van der Waals surface area contributed by atoms with E-state index in [9.17, 15) is 9.18 Å². The van der Waals surface area contributed by atoms with Gasteiger partial charge in [0.15, 0.2) is 5.65 Å². The second-order valence-electron chi connectivity index (χ2n) is 12.0. The first kappa shape index (κ1) is 32.8. The summed E-state index contributed by atoms with van der Waals surface area (Å²) < 4.78 is 19.5. The Labute approximate surface area is 293 Å². The predicted octanol–water partition coefficient (Wildman–Crippen LogP) is 6.69. The number of pyridine rings is 1. The Bertz CT molecular complexity index is 2200. The number of imidazole rings is 1. The number of anilines is 1. The molecule has 3 aromatic heterocycles. The van der Waals surface area contributed by atoms with Crippen molar-refractivity contribution in [1.82, 2.24) is 28.6 Å². The van der Waals surface area contributed by atoms with Gasteiger partial charge in [-0.1, -0.05) is 47.5 Å². The number of aromatic nitrogens is 5. The van der Waals surface area contributed by atoms with Crippen LogP contribution in [0.5, 0.6) is 0 Å². The van der Waals surface area contributed by atoms with Crippen LogP contribution in [0.1, 0.15) is 29.1 Å².